The second-order valence-corrected chi connectivity index (χ2v) is 4.08. The summed E-state index contributed by atoms with van der Waals surface area (Å²) in [6, 6.07) is 3.72. The number of halogens is 1. The molecule has 1 aromatic rings. The third-order valence-corrected chi connectivity index (χ3v) is 2.75. The molecule has 0 spiro atoms. The molecule has 2 N–H and O–H groups in total. The fourth-order valence-corrected chi connectivity index (χ4v) is 1.97. The number of aliphatic hydroxyl groups is 1. The van der Waals surface area contributed by atoms with Crippen LogP contribution in [-0.2, 0) is 5.60 Å². The van der Waals surface area contributed by atoms with Crippen molar-refractivity contribution >= 4 is 11.7 Å². The molecule has 4 nitrogen and oxygen atoms in total. The number of hydrogen-bond donors (Lipinski definition) is 2. The van der Waals surface area contributed by atoms with Crippen LogP contribution in [0.5, 0.6) is 0 Å². The SMILES string of the molecule is CNC(=O)N1C[C@@](C)(O)c2cc(F)ccc21. The maximum Gasteiger partial charge on any atom is 0.321 e. The maximum absolute atomic E-state index is 13.1. The third-order valence-electron chi connectivity index (χ3n) is 2.75. The molecule has 0 bridgehead atoms. The molecule has 0 saturated heterocycles. The molecule has 2 rings (SSSR count). The van der Waals surface area contributed by atoms with Gasteiger partial charge in [-0.05, 0) is 25.1 Å². The predicted molar refractivity (Wildman–Crippen MR) is 57.8 cm³/mol. The Hall–Kier alpha value is -1.62. The first kappa shape index (κ1) is 10.9. The summed E-state index contributed by atoms with van der Waals surface area (Å²) >= 11 is 0. The van der Waals surface area contributed by atoms with E-state index in [-0.39, 0.29) is 12.6 Å². The number of nitrogens with zero attached hydrogens (tertiary/aromatic N) is 1. The van der Waals surface area contributed by atoms with Crippen LogP contribution in [0.15, 0.2) is 18.2 Å². The number of fused-ring (bicyclic) bond motifs is 1. The number of carbonyl (C=O) groups excluding carboxylic acids is 1. The third kappa shape index (κ3) is 1.53. The van der Waals surface area contributed by atoms with Gasteiger partial charge in [-0.2, -0.15) is 0 Å². The number of benzene rings is 1. The van der Waals surface area contributed by atoms with Gasteiger partial charge in [0.1, 0.15) is 11.4 Å². The van der Waals surface area contributed by atoms with Crippen LogP contribution in [0.4, 0.5) is 14.9 Å². The Morgan fingerprint density at radius 1 is 1.62 bits per heavy atom. The highest BCUT2D eigenvalue weighted by Gasteiger charge is 2.39. The van der Waals surface area contributed by atoms with Crippen molar-refractivity contribution in [1.82, 2.24) is 5.32 Å². The zero-order chi connectivity index (χ0) is 11.9. The van der Waals surface area contributed by atoms with Gasteiger partial charge in [0, 0.05) is 12.6 Å². The number of nitrogens with one attached hydrogen (secondary N) is 1. The van der Waals surface area contributed by atoms with Crippen LogP contribution in [0.3, 0.4) is 0 Å². The molecule has 0 aromatic heterocycles. The first-order valence-electron chi connectivity index (χ1n) is 4.97. The zero-order valence-corrected chi connectivity index (χ0v) is 9.12. The molecule has 0 fully saturated rings. The Bertz CT molecular complexity index is 446. The van der Waals surface area contributed by atoms with Gasteiger partial charge in [0.2, 0.25) is 0 Å². The molecular formula is C11H13FN2O2. The van der Waals surface area contributed by atoms with Gasteiger partial charge in [-0.25, -0.2) is 9.18 Å². The molecule has 1 atom stereocenters. The van der Waals surface area contributed by atoms with E-state index in [1.807, 2.05) is 0 Å². The summed E-state index contributed by atoms with van der Waals surface area (Å²) in [6.07, 6.45) is 0. The smallest absolute Gasteiger partial charge is 0.321 e. The minimum atomic E-state index is -1.20. The number of anilines is 1. The summed E-state index contributed by atoms with van der Waals surface area (Å²) in [7, 11) is 1.51. The molecule has 0 unspecified atom stereocenters. The van der Waals surface area contributed by atoms with Crippen LogP contribution in [0, 0.1) is 5.82 Å². The van der Waals surface area contributed by atoms with E-state index in [4.69, 9.17) is 0 Å². The lowest BCUT2D eigenvalue weighted by Gasteiger charge is -2.19. The minimum Gasteiger partial charge on any atom is -0.383 e. The van der Waals surface area contributed by atoms with Gasteiger partial charge >= 0.3 is 6.03 Å². The zero-order valence-electron chi connectivity index (χ0n) is 9.12. The van der Waals surface area contributed by atoms with E-state index in [1.165, 1.54) is 30.1 Å². The van der Waals surface area contributed by atoms with Crippen molar-refractivity contribution in [2.75, 3.05) is 18.5 Å². The second kappa shape index (κ2) is 3.45. The highest BCUT2D eigenvalue weighted by Crippen LogP contribution is 2.39. The summed E-state index contributed by atoms with van der Waals surface area (Å²) in [5.41, 5.74) is -0.217. The quantitative estimate of drug-likeness (QED) is 0.695. The fourth-order valence-electron chi connectivity index (χ4n) is 1.97. The van der Waals surface area contributed by atoms with Crippen molar-refractivity contribution < 1.29 is 14.3 Å². The van der Waals surface area contributed by atoms with Crippen molar-refractivity contribution in [3.05, 3.63) is 29.6 Å². The van der Waals surface area contributed by atoms with E-state index < -0.39 is 11.4 Å². The highest BCUT2D eigenvalue weighted by atomic mass is 19.1. The fraction of sp³-hybridized carbons (Fsp3) is 0.364. The first-order chi connectivity index (χ1) is 7.45. The highest BCUT2D eigenvalue weighted by molar-refractivity contribution is 5.94. The van der Waals surface area contributed by atoms with Gasteiger partial charge in [-0.3, -0.25) is 4.90 Å². The molecule has 1 aliphatic heterocycles. The van der Waals surface area contributed by atoms with E-state index in [0.29, 0.717) is 11.3 Å². The van der Waals surface area contributed by atoms with Gasteiger partial charge in [-0.1, -0.05) is 0 Å². The van der Waals surface area contributed by atoms with Gasteiger partial charge in [-0.15, -0.1) is 0 Å². The molecule has 86 valence electrons. The van der Waals surface area contributed by atoms with E-state index in [0.717, 1.165) is 0 Å². The minimum absolute atomic E-state index is 0.130. The first-order valence-corrected chi connectivity index (χ1v) is 4.97. The normalized spacial score (nSPS) is 23.1. The van der Waals surface area contributed by atoms with Crippen molar-refractivity contribution in [3.8, 4) is 0 Å². The van der Waals surface area contributed by atoms with E-state index in [1.54, 1.807) is 6.92 Å². The van der Waals surface area contributed by atoms with Crippen molar-refractivity contribution in [3.63, 3.8) is 0 Å². The lowest BCUT2D eigenvalue weighted by Crippen LogP contribution is -2.40. The Balaban J connectivity index is 2.51. The monoisotopic (exact) mass is 224 g/mol. The average molecular weight is 224 g/mol. The number of carbonyl (C=O) groups is 1. The molecule has 1 heterocycles. The summed E-state index contributed by atoms with van der Waals surface area (Å²) in [5.74, 6) is -0.419. The standard InChI is InChI=1S/C11H13FN2O2/c1-11(16)6-14(10(15)13-2)9-4-3-7(12)5-8(9)11/h3-5,16H,6H2,1-2H3,(H,13,15)/t11-/m1/s1. The van der Waals surface area contributed by atoms with Gasteiger partial charge < -0.3 is 10.4 Å². The van der Waals surface area contributed by atoms with Crippen LogP contribution in [-0.4, -0.2) is 24.7 Å². The predicted octanol–water partition coefficient (Wildman–Crippen LogP) is 1.19. The van der Waals surface area contributed by atoms with Crippen LogP contribution in [0.25, 0.3) is 0 Å². The van der Waals surface area contributed by atoms with Gasteiger partial charge in [0.15, 0.2) is 0 Å². The Morgan fingerprint density at radius 3 is 2.94 bits per heavy atom. The second-order valence-electron chi connectivity index (χ2n) is 4.08. The summed E-state index contributed by atoms with van der Waals surface area (Å²) in [5, 5.41) is 12.6. The summed E-state index contributed by atoms with van der Waals surface area (Å²) < 4.78 is 13.1. The Morgan fingerprint density at radius 2 is 2.31 bits per heavy atom. The maximum atomic E-state index is 13.1. The van der Waals surface area contributed by atoms with Crippen LogP contribution in [0.2, 0.25) is 0 Å². The van der Waals surface area contributed by atoms with Gasteiger partial charge in [0.05, 0.1) is 12.2 Å². The van der Waals surface area contributed by atoms with Gasteiger partial charge in [0.25, 0.3) is 0 Å². The molecule has 5 heteroatoms. The molecule has 2 amide bonds. The van der Waals surface area contributed by atoms with Crippen molar-refractivity contribution in [2.45, 2.75) is 12.5 Å². The molecule has 1 aromatic carbocycles. The topological polar surface area (TPSA) is 52.6 Å². The number of urea groups is 1. The largest absolute Gasteiger partial charge is 0.383 e. The number of hydrogen-bond acceptors (Lipinski definition) is 2. The lowest BCUT2D eigenvalue weighted by molar-refractivity contribution is 0.0752. The van der Waals surface area contributed by atoms with Crippen LogP contribution >= 0.6 is 0 Å². The molecule has 0 saturated carbocycles. The number of amides is 2. The molecule has 0 aliphatic carbocycles. The van der Waals surface area contributed by atoms with E-state index >= 15 is 0 Å². The van der Waals surface area contributed by atoms with Crippen LogP contribution in [0.1, 0.15) is 12.5 Å². The molecule has 16 heavy (non-hydrogen) atoms. The van der Waals surface area contributed by atoms with E-state index in [2.05, 4.69) is 5.32 Å². The number of rotatable bonds is 0. The Kier molecular flexibility index (Phi) is 2.35. The van der Waals surface area contributed by atoms with Crippen LogP contribution < -0.4 is 10.2 Å². The summed E-state index contributed by atoms with van der Waals surface area (Å²) in [4.78, 5) is 13.0. The molecular weight excluding hydrogens is 211 g/mol. The summed E-state index contributed by atoms with van der Waals surface area (Å²) in [6.45, 7) is 1.69. The number of β-amino-alcohol motifs (C(OH)–C–C–N with tert-alkyl or cyclic N) is 1. The Labute approximate surface area is 92.7 Å². The lowest BCUT2D eigenvalue weighted by atomic mass is 9.99. The molecule has 1 aliphatic rings. The van der Waals surface area contributed by atoms with Crippen molar-refractivity contribution in [2.24, 2.45) is 0 Å². The van der Waals surface area contributed by atoms with E-state index in [9.17, 15) is 14.3 Å². The average Bonchev–Trinajstić information content (AvgIpc) is 2.50. The molecule has 0 radical (unpaired) electrons. The van der Waals surface area contributed by atoms with Crippen molar-refractivity contribution in [1.29, 1.82) is 0 Å².